The van der Waals surface area contributed by atoms with Gasteiger partial charge in [-0.3, -0.25) is 4.90 Å². The summed E-state index contributed by atoms with van der Waals surface area (Å²) in [5.41, 5.74) is 1.26. The Bertz CT molecular complexity index is 347. The molecule has 0 radical (unpaired) electrons. The Hall–Kier alpha value is -0.870. The second-order valence-electron chi connectivity index (χ2n) is 5.99. The van der Waals surface area contributed by atoms with Crippen molar-refractivity contribution in [2.24, 2.45) is 0 Å². The number of imidazole rings is 1. The summed E-state index contributed by atoms with van der Waals surface area (Å²) < 4.78 is 2.22. The zero-order chi connectivity index (χ0) is 14.4. The van der Waals surface area contributed by atoms with E-state index in [0.717, 1.165) is 19.6 Å². The molecule has 0 spiro atoms. The molecule has 1 rings (SSSR count). The van der Waals surface area contributed by atoms with Crippen LogP contribution in [0.15, 0.2) is 12.5 Å². The predicted octanol–water partition coefficient (Wildman–Crippen LogP) is 2.67. The van der Waals surface area contributed by atoms with Gasteiger partial charge in [-0.1, -0.05) is 0 Å². The van der Waals surface area contributed by atoms with Crippen molar-refractivity contribution < 1.29 is 0 Å². The molecule has 0 saturated carbocycles. The summed E-state index contributed by atoms with van der Waals surface area (Å²) in [5.74, 6) is 0. The zero-order valence-electron chi connectivity index (χ0n) is 13.3. The molecule has 1 aromatic rings. The molecule has 0 aliphatic carbocycles. The number of nitrogens with zero attached hydrogens (tertiary/aromatic N) is 3. The lowest BCUT2D eigenvalue weighted by molar-refractivity contribution is 0.175. The van der Waals surface area contributed by atoms with Gasteiger partial charge < -0.3 is 9.88 Å². The average Bonchev–Trinajstić information content (AvgIpc) is 2.75. The molecule has 0 atom stereocenters. The Labute approximate surface area is 118 Å². The van der Waals surface area contributed by atoms with Crippen LogP contribution in [0.2, 0.25) is 0 Å². The van der Waals surface area contributed by atoms with Gasteiger partial charge in [-0.25, -0.2) is 4.98 Å². The minimum absolute atomic E-state index is 0.474. The molecule has 0 saturated heterocycles. The number of hydrogen-bond acceptors (Lipinski definition) is 3. The van der Waals surface area contributed by atoms with E-state index < -0.39 is 0 Å². The van der Waals surface area contributed by atoms with Crippen LogP contribution >= 0.6 is 0 Å². The molecule has 0 fully saturated rings. The maximum atomic E-state index is 4.23. The van der Waals surface area contributed by atoms with Crippen LogP contribution in [0.1, 0.15) is 53.3 Å². The van der Waals surface area contributed by atoms with Crippen LogP contribution in [0, 0.1) is 0 Å². The van der Waals surface area contributed by atoms with Crippen LogP contribution < -0.4 is 5.32 Å². The van der Waals surface area contributed by atoms with Crippen LogP contribution in [0.3, 0.4) is 0 Å². The third-order valence-corrected chi connectivity index (χ3v) is 3.48. The summed E-state index contributed by atoms with van der Waals surface area (Å²) in [6.07, 6.45) is 3.87. The van der Waals surface area contributed by atoms with Gasteiger partial charge >= 0.3 is 0 Å². The fourth-order valence-corrected chi connectivity index (χ4v) is 2.47. The normalized spacial score (nSPS) is 12.3. The van der Waals surface area contributed by atoms with Crippen molar-refractivity contribution in [2.45, 2.75) is 66.2 Å². The van der Waals surface area contributed by atoms with Gasteiger partial charge in [0.15, 0.2) is 0 Å². The van der Waals surface area contributed by atoms with Gasteiger partial charge in [-0.05, 0) is 41.5 Å². The van der Waals surface area contributed by atoms with Crippen molar-refractivity contribution in [1.29, 1.82) is 0 Å². The first-order chi connectivity index (χ1) is 8.93. The zero-order valence-corrected chi connectivity index (χ0v) is 13.3. The molecule has 1 heterocycles. The quantitative estimate of drug-likeness (QED) is 0.734. The van der Waals surface area contributed by atoms with E-state index in [0.29, 0.717) is 18.1 Å². The average molecular weight is 266 g/mol. The molecule has 0 amide bonds. The van der Waals surface area contributed by atoms with E-state index >= 15 is 0 Å². The second-order valence-corrected chi connectivity index (χ2v) is 5.99. The summed E-state index contributed by atoms with van der Waals surface area (Å²) in [6, 6.07) is 1.67. The van der Waals surface area contributed by atoms with Crippen molar-refractivity contribution in [3.63, 3.8) is 0 Å². The monoisotopic (exact) mass is 266 g/mol. The fraction of sp³-hybridized carbons (Fsp3) is 0.800. The third-order valence-electron chi connectivity index (χ3n) is 3.48. The van der Waals surface area contributed by atoms with Crippen LogP contribution in [0.25, 0.3) is 0 Å². The Kier molecular flexibility index (Phi) is 6.52. The number of rotatable bonds is 8. The number of aromatic nitrogens is 2. The van der Waals surface area contributed by atoms with Gasteiger partial charge in [-0.15, -0.1) is 0 Å². The molecular weight excluding hydrogens is 236 g/mol. The lowest BCUT2D eigenvalue weighted by Gasteiger charge is -2.30. The molecule has 0 aromatic carbocycles. The maximum absolute atomic E-state index is 4.23. The van der Waals surface area contributed by atoms with Crippen LogP contribution in [-0.2, 0) is 6.54 Å². The maximum Gasteiger partial charge on any atom is 0.0951 e. The van der Waals surface area contributed by atoms with Crippen molar-refractivity contribution in [1.82, 2.24) is 19.8 Å². The highest BCUT2D eigenvalue weighted by Gasteiger charge is 2.12. The van der Waals surface area contributed by atoms with Gasteiger partial charge in [-0.2, -0.15) is 0 Å². The molecule has 1 aromatic heterocycles. The number of nitrogens with one attached hydrogen (secondary N) is 1. The van der Waals surface area contributed by atoms with Crippen LogP contribution in [0.4, 0.5) is 0 Å². The van der Waals surface area contributed by atoms with Crippen molar-refractivity contribution in [2.75, 3.05) is 13.1 Å². The third kappa shape index (κ3) is 4.96. The van der Waals surface area contributed by atoms with E-state index in [1.165, 1.54) is 5.69 Å². The SMILES string of the molecule is CC(C)N(CCNCc1cncn1C(C)C)C(C)C. The van der Waals surface area contributed by atoms with Crippen molar-refractivity contribution in [3.05, 3.63) is 18.2 Å². The van der Waals surface area contributed by atoms with Crippen LogP contribution in [-0.4, -0.2) is 39.6 Å². The van der Waals surface area contributed by atoms with E-state index in [9.17, 15) is 0 Å². The Morgan fingerprint density at radius 3 is 2.32 bits per heavy atom. The van der Waals surface area contributed by atoms with Gasteiger partial charge in [0.1, 0.15) is 0 Å². The topological polar surface area (TPSA) is 33.1 Å². The molecule has 110 valence electrons. The molecule has 0 aliphatic heterocycles. The molecule has 0 aliphatic rings. The standard InChI is InChI=1S/C15H30N4/c1-12(2)18(13(3)4)8-7-16-9-15-10-17-11-19(15)14(5)6/h10-14,16H,7-9H2,1-6H3. The van der Waals surface area contributed by atoms with Crippen molar-refractivity contribution in [3.8, 4) is 0 Å². The Morgan fingerprint density at radius 1 is 1.16 bits per heavy atom. The molecule has 4 nitrogen and oxygen atoms in total. The molecule has 1 N–H and O–H groups in total. The smallest absolute Gasteiger partial charge is 0.0951 e. The predicted molar refractivity (Wildman–Crippen MR) is 81.3 cm³/mol. The molecule has 4 heteroatoms. The fourth-order valence-electron chi connectivity index (χ4n) is 2.47. The first kappa shape index (κ1) is 16.2. The minimum Gasteiger partial charge on any atom is -0.331 e. The van der Waals surface area contributed by atoms with Crippen molar-refractivity contribution >= 4 is 0 Å². The van der Waals surface area contributed by atoms with Gasteiger partial charge in [0.2, 0.25) is 0 Å². The van der Waals surface area contributed by atoms with E-state index in [-0.39, 0.29) is 0 Å². The van der Waals surface area contributed by atoms with E-state index in [1.54, 1.807) is 0 Å². The molecule has 0 bridgehead atoms. The summed E-state index contributed by atoms with van der Waals surface area (Å²) in [4.78, 5) is 6.73. The van der Waals surface area contributed by atoms with E-state index in [2.05, 4.69) is 61.3 Å². The summed E-state index contributed by atoms with van der Waals surface area (Å²) in [7, 11) is 0. The Morgan fingerprint density at radius 2 is 1.79 bits per heavy atom. The van der Waals surface area contributed by atoms with Gasteiger partial charge in [0.25, 0.3) is 0 Å². The molecule has 0 unspecified atom stereocenters. The Balaban J connectivity index is 2.36. The van der Waals surface area contributed by atoms with Gasteiger partial charge in [0.05, 0.1) is 12.0 Å². The summed E-state index contributed by atoms with van der Waals surface area (Å²) in [5, 5.41) is 3.52. The first-order valence-electron chi connectivity index (χ1n) is 7.40. The highest BCUT2D eigenvalue weighted by atomic mass is 15.2. The lowest BCUT2D eigenvalue weighted by atomic mass is 10.2. The lowest BCUT2D eigenvalue weighted by Crippen LogP contribution is -2.41. The number of hydrogen-bond donors (Lipinski definition) is 1. The van der Waals surface area contributed by atoms with E-state index in [4.69, 9.17) is 0 Å². The van der Waals surface area contributed by atoms with E-state index in [1.807, 2.05) is 12.5 Å². The summed E-state index contributed by atoms with van der Waals surface area (Å²) >= 11 is 0. The van der Waals surface area contributed by atoms with Gasteiger partial charge in [0, 0.05) is 44.0 Å². The first-order valence-corrected chi connectivity index (χ1v) is 7.40. The minimum atomic E-state index is 0.474. The highest BCUT2D eigenvalue weighted by Crippen LogP contribution is 2.08. The molecule has 19 heavy (non-hydrogen) atoms. The largest absolute Gasteiger partial charge is 0.331 e. The second kappa shape index (κ2) is 7.65. The molecular formula is C15H30N4. The summed E-state index contributed by atoms with van der Waals surface area (Å²) in [6.45, 7) is 16.4. The highest BCUT2D eigenvalue weighted by molar-refractivity contribution is 4.99. The van der Waals surface area contributed by atoms with Crippen LogP contribution in [0.5, 0.6) is 0 Å².